The van der Waals surface area contributed by atoms with Crippen LogP contribution in [-0.4, -0.2) is 60.3 Å². The fourth-order valence-corrected chi connectivity index (χ4v) is 5.16. The summed E-state index contributed by atoms with van der Waals surface area (Å²) in [5, 5.41) is 23.4. The van der Waals surface area contributed by atoms with Crippen molar-refractivity contribution < 1.29 is 34.0 Å². The van der Waals surface area contributed by atoms with Crippen molar-refractivity contribution in [3.05, 3.63) is 53.1 Å². The second-order valence-electron chi connectivity index (χ2n) is 10.3. The van der Waals surface area contributed by atoms with Crippen molar-refractivity contribution in [2.24, 2.45) is 5.92 Å². The number of aliphatic hydroxyl groups is 1. The minimum absolute atomic E-state index is 0.113. The summed E-state index contributed by atoms with van der Waals surface area (Å²) in [6, 6.07) is 11.7. The molecule has 1 saturated carbocycles. The molecule has 35 heavy (non-hydrogen) atoms. The predicted molar refractivity (Wildman–Crippen MR) is 128 cm³/mol. The van der Waals surface area contributed by atoms with Crippen LogP contribution < -0.4 is 19.5 Å². The van der Waals surface area contributed by atoms with E-state index in [1.807, 2.05) is 43.3 Å². The van der Waals surface area contributed by atoms with Crippen LogP contribution in [0.2, 0.25) is 0 Å². The molecule has 0 amide bonds. The Bertz CT molecular complexity index is 1100. The molecule has 0 bridgehead atoms. The molecule has 0 unspecified atom stereocenters. The number of fused-ring (bicyclic) bond motifs is 4. The van der Waals surface area contributed by atoms with Gasteiger partial charge in [-0.25, -0.2) is 0 Å². The van der Waals surface area contributed by atoms with E-state index in [1.165, 1.54) is 0 Å². The Morgan fingerprint density at radius 1 is 1.17 bits per heavy atom. The fraction of sp³-hybridized carbons (Fsp3) is 0.519. The topological polar surface area (TPSA) is 106 Å². The van der Waals surface area contributed by atoms with Gasteiger partial charge >= 0.3 is 5.97 Å². The van der Waals surface area contributed by atoms with Gasteiger partial charge in [-0.05, 0) is 56.5 Å². The highest BCUT2D eigenvalue weighted by Crippen LogP contribution is 2.60. The molecular formula is C27H33NO7. The Morgan fingerprint density at radius 2 is 1.94 bits per heavy atom. The predicted octanol–water partition coefficient (Wildman–Crippen LogP) is 3.07. The summed E-state index contributed by atoms with van der Waals surface area (Å²) in [6.07, 6.45) is -0.493. The molecule has 2 aliphatic heterocycles. The van der Waals surface area contributed by atoms with Crippen molar-refractivity contribution in [2.75, 3.05) is 26.4 Å². The number of hydrogen-bond donors (Lipinski definition) is 3. The Hall–Kier alpha value is -2.81. The Balaban J connectivity index is 1.12. The summed E-state index contributed by atoms with van der Waals surface area (Å²) in [4.78, 5) is 11.4. The zero-order chi connectivity index (χ0) is 24.7. The molecule has 1 aliphatic carbocycles. The number of ether oxygens (including phenoxy) is 4. The van der Waals surface area contributed by atoms with Crippen LogP contribution in [0.3, 0.4) is 0 Å². The summed E-state index contributed by atoms with van der Waals surface area (Å²) in [6.45, 7) is 7.79. The van der Waals surface area contributed by atoms with E-state index in [-0.39, 0.29) is 30.3 Å². The average molecular weight is 484 g/mol. The maximum Gasteiger partial charge on any atom is 0.311 e. The highest BCUT2D eigenvalue weighted by atomic mass is 16.6. The van der Waals surface area contributed by atoms with Gasteiger partial charge in [-0.1, -0.05) is 18.2 Å². The second-order valence-corrected chi connectivity index (χ2v) is 10.3. The van der Waals surface area contributed by atoms with Crippen LogP contribution in [0, 0.1) is 5.92 Å². The lowest BCUT2D eigenvalue weighted by atomic mass is 9.94. The van der Waals surface area contributed by atoms with E-state index in [1.54, 1.807) is 0 Å². The van der Waals surface area contributed by atoms with Crippen molar-refractivity contribution in [3.8, 4) is 17.2 Å². The van der Waals surface area contributed by atoms with Gasteiger partial charge in [0, 0.05) is 23.6 Å². The first kappa shape index (κ1) is 23.9. The van der Waals surface area contributed by atoms with Gasteiger partial charge in [0.05, 0.1) is 18.8 Å². The Labute approximate surface area is 205 Å². The molecule has 0 saturated heterocycles. The van der Waals surface area contributed by atoms with Gasteiger partial charge in [0.1, 0.15) is 31.0 Å². The fourth-order valence-electron chi connectivity index (χ4n) is 5.16. The van der Waals surface area contributed by atoms with Crippen LogP contribution in [0.5, 0.6) is 17.2 Å². The van der Waals surface area contributed by atoms with Gasteiger partial charge < -0.3 is 34.5 Å². The number of aliphatic hydroxyl groups excluding tert-OH is 1. The molecule has 0 radical (unpaired) electrons. The lowest BCUT2D eigenvalue weighted by Crippen LogP contribution is -2.46. The summed E-state index contributed by atoms with van der Waals surface area (Å²) >= 11 is 0. The second kappa shape index (κ2) is 9.33. The molecule has 188 valence electrons. The van der Waals surface area contributed by atoms with Crippen molar-refractivity contribution in [2.45, 2.75) is 57.0 Å². The van der Waals surface area contributed by atoms with Crippen LogP contribution in [0.25, 0.3) is 0 Å². The Morgan fingerprint density at radius 3 is 2.71 bits per heavy atom. The molecule has 8 nitrogen and oxygen atoms in total. The molecule has 0 aromatic heterocycles. The zero-order valence-electron chi connectivity index (χ0n) is 20.3. The molecule has 3 aliphatic rings. The van der Waals surface area contributed by atoms with E-state index in [0.29, 0.717) is 19.8 Å². The highest BCUT2D eigenvalue weighted by Gasteiger charge is 2.63. The molecule has 2 aromatic rings. The first-order valence-corrected chi connectivity index (χ1v) is 12.2. The number of carboxylic acid groups (broad SMARTS) is 1. The molecule has 1 fully saturated rings. The van der Waals surface area contributed by atoms with E-state index in [4.69, 9.17) is 18.9 Å². The number of benzene rings is 2. The molecule has 2 aromatic carbocycles. The van der Waals surface area contributed by atoms with Crippen LogP contribution in [0.4, 0.5) is 0 Å². The summed E-state index contributed by atoms with van der Waals surface area (Å²) < 4.78 is 23.1. The largest absolute Gasteiger partial charge is 0.489 e. The van der Waals surface area contributed by atoms with E-state index in [0.717, 1.165) is 40.4 Å². The summed E-state index contributed by atoms with van der Waals surface area (Å²) in [7, 11) is 0. The molecule has 5 atom stereocenters. The van der Waals surface area contributed by atoms with E-state index < -0.39 is 18.0 Å². The quantitative estimate of drug-likeness (QED) is 0.474. The lowest BCUT2D eigenvalue weighted by molar-refractivity contribution is -0.139. The van der Waals surface area contributed by atoms with Gasteiger partial charge in [0.2, 0.25) is 0 Å². The van der Waals surface area contributed by atoms with E-state index in [2.05, 4.69) is 19.2 Å². The average Bonchev–Trinajstić information content (AvgIpc) is 3.42. The van der Waals surface area contributed by atoms with Gasteiger partial charge in [-0.2, -0.15) is 0 Å². The SMILES string of the molecule is C[C@@H](OC[C@H](O)CNC(C)(C)Cc1ccc2c(c1)OCCO2)c1cccc2c1[C@@H]1[C@H](O2)[C@H]1C(=O)O. The van der Waals surface area contributed by atoms with Crippen molar-refractivity contribution in [3.63, 3.8) is 0 Å². The maximum absolute atomic E-state index is 11.4. The molecule has 0 spiro atoms. The molecular weight excluding hydrogens is 450 g/mol. The monoisotopic (exact) mass is 483 g/mol. The van der Waals surface area contributed by atoms with Crippen LogP contribution >= 0.6 is 0 Å². The first-order chi connectivity index (χ1) is 16.7. The summed E-state index contributed by atoms with van der Waals surface area (Å²) in [5.41, 5.74) is 2.74. The van der Waals surface area contributed by atoms with Gasteiger partial charge in [0.15, 0.2) is 11.5 Å². The van der Waals surface area contributed by atoms with Crippen molar-refractivity contribution in [1.82, 2.24) is 5.32 Å². The lowest BCUT2D eigenvalue weighted by Gasteiger charge is -2.29. The van der Waals surface area contributed by atoms with Crippen LogP contribution in [0.1, 0.15) is 49.5 Å². The number of β-amino-alcohol motifs (C(OH)–C–C–N with tert-alkyl or cyclic N) is 1. The van der Waals surface area contributed by atoms with Crippen LogP contribution in [-0.2, 0) is 16.0 Å². The molecule has 5 rings (SSSR count). The van der Waals surface area contributed by atoms with E-state index in [9.17, 15) is 15.0 Å². The number of nitrogens with one attached hydrogen (secondary N) is 1. The highest BCUT2D eigenvalue weighted by molar-refractivity contribution is 5.79. The molecule has 3 N–H and O–H groups in total. The van der Waals surface area contributed by atoms with Gasteiger partial charge in [0.25, 0.3) is 0 Å². The minimum atomic E-state index is -0.825. The molecule has 2 heterocycles. The van der Waals surface area contributed by atoms with Crippen molar-refractivity contribution in [1.29, 1.82) is 0 Å². The van der Waals surface area contributed by atoms with E-state index >= 15 is 0 Å². The smallest absolute Gasteiger partial charge is 0.311 e. The number of carboxylic acids is 1. The molecule has 8 heteroatoms. The number of rotatable bonds is 10. The summed E-state index contributed by atoms with van der Waals surface area (Å²) in [5.74, 6) is 0.874. The standard InChI is InChI=1S/C27H33NO7/c1-15(18-5-4-6-20-22(18)23-24(26(30)31)25(23)35-20)34-14-17(29)13-28-27(2,3)12-16-7-8-19-21(11-16)33-10-9-32-19/h4-8,11,15,17,23-25,28-29H,9-10,12-14H2,1-3H3,(H,30,31)/t15-,17-,23+,24+,25+/m1/s1. The third-order valence-corrected chi connectivity index (χ3v) is 6.98. The first-order valence-electron chi connectivity index (χ1n) is 12.2. The third-order valence-electron chi connectivity index (χ3n) is 6.98. The van der Waals surface area contributed by atoms with Crippen molar-refractivity contribution >= 4 is 5.97 Å². The maximum atomic E-state index is 11.4. The zero-order valence-corrected chi connectivity index (χ0v) is 20.3. The third kappa shape index (κ3) is 4.96. The van der Waals surface area contributed by atoms with Gasteiger partial charge in [-0.3, -0.25) is 4.79 Å². The van der Waals surface area contributed by atoms with Gasteiger partial charge in [-0.15, -0.1) is 0 Å². The van der Waals surface area contributed by atoms with Crippen LogP contribution in [0.15, 0.2) is 36.4 Å². The minimum Gasteiger partial charge on any atom is -0.489 e. The number of carbonyl (C=O) groups is 1. The Kier molecular flexibility index (Phi) is 6.38. The number of aliphatic carboxylic acids is 1. The number of hydrogen-bond acceptors (Lipinski definition) is 7. The normalized spacial score (nSPS) is 23.6.